The number of amides is 1. The minimum Gasteiger partial charge on any atom is -0.388 e. The second-order valence-electron chi connectivity index (χ2n) is 5.39. The van der Waals surface area contributed by atoms with Gasteiger partial charge >= 0.3 is 0 Å². The Hall–Kier alpha value is -1.36. The molecule has 1 rings (SSSR count). The van der Waals surface area contributed by atoms with E-state index in [1.807, 2.05) is 27.7 Å². The Morgan fingerprint density at radius 3 is 2.45 bits per heavy atom. The maximum atomic E-state index is 12.2. The lowest BCUT2D eigenvalue weighted by molar-refractivity contribution is 0.0211. The van der Waals surface area contributed by atoms with E-state index in [4.69, 9.17) is 0 Å². The second-order valence-corrected chi connectivity index (χ2v) is 5.39. The number of aliphatic hydroxyl groups is 1. The Morgan fingerprint density at radius 2 is 1.95 bits per heavy atom. The largest absolute Gasteiger partial charge is 0.388 e. The molecule has 1 aromatic heterocycles. The van der Waals surface area contributed by atoms with Crippen LogP contribution >= 0.6 is 0 Å². The highest BCUT2D eigenvalue weighted by atomic mass is 16.3. The Kier molecular flexibility index (Phi) is 6.20. The summed E-state index contributed by atoms with van der Waals surface area (Å²) in [4.78, 5) is 12.2. The van der Waals surface area contributed by atoms with Crippen molar-refractivity contribution in [2.75, 3.05) is 6.54 Å². The van der Waals surface area contributed by atoms with Crippen molar-refractivity contribution >= 4 is 5.91 Å². The molecule has 0 aliphatic carbocycles. The zero-order chi connectivity index (χ0) is 15.2. The van der Waals surface area contributed by atoms with Gasteiger partial charge in [-0.1, -0.05) is 26.7 Å². The van der Waals surface area contributed by atoms with Crippen LogP contribution < -0.4 is 5.32 Å². The summed E-state index contributed by atoms with van der Waals surface area (Å²) in [7, 11) is 0. The molecule has 0 aliphatic heterocycles. The van der Waals surface area contributed by atoms with Gasteiger partial charge in [0.15, 0.2) is 0 Å². The highest BCUT2D eigenvalue weighted by Crippen LogP contribution is 2.18. The average Bonchev–Trinajstić information content (AvgIpc) is 2.78. The topological polar surface area (TPSA) is 67.2 Å². The maximum Gasteiger partial charge on any atom is 0.269 e. The number of carbonyl (C=O) groups is 1. The summed E-state index contributed by atoms with van der Waals surface area (Å²) < 4.78 is 1.68. The van der Waals surface area contributed by atoms with E-state index < -0.39 is 5.60 Å². The lowest BCUT2D eigenvalue weighted by atomic mass is 9.92. The van der Waals surface area contributed by atoms with E-state index in [1.165, 1.54) is 0 Å². The SMILES string of the molecule is CCCC(O)(CCC)CNC(=O)c1cc(C)nn1CC. The minimum atomic E-state index is -0.800. The smallest absolute Gasteiger partial charge is 0.269 e. The fraction of sp³-hybridized carbons (Fsp3) is 0.733. The number of hydrogen-bond acceptors (Lipinski definition) is 3. The molecule has 2 N–H and O–H groups in total. The van der Waals surface area contributed by atoms with Gasteiger partial charge in [0.05, 0.1) is 11.3 Å². The lowest BCUT2D eigenvalue weighted by Gasteiger charge is -2.27. The van der Waals surface area contributed by atoms with E-state index in [1.54, 1.807) is 10.7 Å². The first-order valence-corrected chi connectivity index (χ1v) is 7.50. The summed E-state index contributed by atoms with van der Waals surface area (Å²) in [6.07, 6.45) is 3.21. The van der Waals surface area contributed by atoms with E-state index in [2.05, 4.69) is 10.4 Å². The van der Waals surface area contributed by atoms with Crippen molar-refractivity contribution in [3.63, 3.8) is 0 Å². The van der Waals surface area contributed by atoms with Crippen LogP contribution in [0, 0.1) is 6.92 Å². The van der Waals surface area contributed by atoms with Crippen molar-refractivity contribution in [1.29, 1.82) is 0 Å². The fourth-order valence-electron chi connectivity index (χ4n) is 2.54. The van der Waals surface area contributed by atoms with Crippen LogP contribution in [0.3, 0.4) is 0 Å². The van der Waals surface area contributed by atoms with Crippen LogP contribution in [0.1, 0.15) is 62.6 Å². The van der Waals surface area contributed by atoms with Gasteiger partial charge in [-0.05, 0) is 32.8 Å². The first kappa shape index (κ1) is 16.7. The van der Waals surface area contributed by atoms with Gasteiger partial charge in [-0.15, -0.1) is 0 Å². The summed E-state index contributed by atoms with van der Waals surface area (Å²) in [5.41, 5.74) is 0.584. The molecule has 114 valence electrons. The monoisotopic (exact) mass is 281 g/mol. The second kappa shape index (κ2) is 7.43. The van der Waals surface area contributed by atoms with Crippen LogP contribution in [0.5, 0.6) is 0 Å². The number of rotatable bonds is 8. The standard InChI is InChI=1S/C15H27N3O2/c1-5-8-15(20,9-6-2)11-16-14(19)13-10-12(4)17-18(13)7-3/h10,20H,5-9,11H2,1-4H3,(H,16,19). The third-order valence-corrected chi connectivity index (χ3v) is 3.44. The summed E-state index contributed by atoms with van der Waals surface area (Å²) >= 11 is 0. The van der Waals surface area contributed by atoms with Crippen LogP contribution in [-0.4, -0.2) is 32.9 Å². The number of nitrogens with one attached hydrogen (secondary N) is 1. The highest BCUT2D eigenvalue weighted by molar-refractivity contribution is 5.92. The van der Waals surface area contributed by atoms with Crippen molar-refractivity contribution in [3.05, 3.63) is 17.5 Å². The molecule has 0 saturated heterocycles. The molecule has 0 spiro atoms. The first-order chi connectivity index (χ1) is 9.45. The van der Waals surface area contributed by atoms with E-state index in [9.17, 15) is 9.90 Å². The normalized spacial score (nSPS) is 11.7. The summed E-state index contributed by atoms with van der Waals surface area (Å²) in [5, 5.41) is 17.6. The molecule has 1 amide bonds. The van der Waals surface area contributed by atoms with E-state index in [0.29, 0.717) is 31.6 Å². The lowest BCUT2D eigenvalue weighted by Crippen LogP contribution is -2.43. The third kappa shape index (κ3) is 4.34. The summed E-state index contributed by atoms with van der Waals surface area (Å²) in [6, 6.07) is 1.78. The average molecular weight is 281 g/mol. The van der Waals surface area contributed by atoms with Crippen LogP contribution in [0.2, 0.25) is 0 Å². The Labute approximate surface area is 121 Å². The Bertz CT molecular complexity index is 434. The molecule has 20 heavy (non-hydrogen) atoms. The number of hydrogen-bond donors (Lipinski definition) is 2. The van der Waals surface area contributed by atoms with Gasteiger partial charge in [0.1, 0.15) is 5.69 Å². The molecule has 0 aliphatic rings. The number of carbonyl (C=O) groups excluding carboxylic acids is 1. The quantitative estimate of drug-likeness (QED) is 0.768. The molecule has 5 nitrogen and oxygen atoms in total. The van der Waals surface area contributed by atoms with E-state index in [-0.39, 0.29) is 5.91 Å². The summed E-state index contributed by atoms with van der Waals surface area (Å²) in [6.45, 7) is 8.85. The number of nitrogens with zero attached hydrogens (tertiary/aromatic N) is 2. The van der Waals surface area contributed by atoms with Crippen molar-refractivity contribution < 1.29 is 9.90 Å². The zero-order valence-electron chi connectivity index (χ0n) is 13.1. The zero-order valence-corrected chi connectivity index (χ0v) is 13.1. The van der Waals surface area contributed by atoms with Gasteiger partial charge in [-0.3, -0.25) is 9.48 Å². The first-order valence-electron chi connectivity index (χ1n) is 7.50. The van der Waals surface area contributed by atoms with Crippen LogP contribution in [0.25, 0.3) is 0 Å². The van der Waals surface area contributed by atoms with Gasteiger partial charge in [-0.2, -0.15) is 5.10 Å². The molecule has 0 bridgehead atoms. The molecule has 0 radical (unpaired) electrons. The molecule has 1 aromatic rings. The van der Waals surface area contributed by atoms with Gasteiger partial charge in [-0.25, -0.2) is 0 Å². The molecule has 0 aromatic carbocycles. The van der Waals surface area contributed by atoms with E-state index in [0.717, 1.165) is 18.5 Å². The van der Waals surface area contributed by atoms with Gasteiger partial charge in [0.2, 0.25) is 0 Å². The van der Waals surface area contributed by atoms with E-state index >= 15 is 0 Å². The fourth-order valence-corrected chi connectivity index (χ4v) is 2.54. The number of aromatic nitrogens is 2. The van der Waals surface area contributed by atoms with Gasteiger partial charge in [0.25, 0.3) is 5.91 Å². The molecule has 0 atom stereocenters. The molecule has 0 unspecified atom stereocenters. The maximum absolute atomic E-state index is 12.2. The Balaban J connectivity index is 2.69. The molecule has 5 heteroatoms. The predicted molar refractivity (Wildman–Crippen MR) is 79.7 cm³/mol. The highest BCUT2D eigenvalue weighted by Gasteiger charge is 2.26. The van der Waals surface area contributed by atoms with Crippen LogP contribution in [-0.2, 0) is 6.54 Å². The molecular formula is C15H27N3O2. The van der Waals surface area contributed by atoms with Crippen molar-refractivity contribution in [1.82, 2.24) is 15.1 Å². The minimum absolute atomic E-state index is 0.168. The molecular weight excluding hydrogens is 254 g/mol. The predicted octanol–water partition coefficient (Wildman–Crippen LogP) is 2.27. The van der Waals surface area contributed by atoms with Crippen molar-refractivity contribution in [3.8, 4) is 0 Å². The van der Waals surface area contributed by atoms with Gasteiger partial charge < -0.3 is 10.4 Å². The Morgan fingerprint density at radius 1 is 1.35 bits per heavy atom. The van der Waals surface area contributed by atoms with Crippen LogP contribution in [0.4, 0.5) is 0 Å². The van der Waals surface area contributed by atoms with Crippen LogP contribution in [0.15, 0.2) is 6.07 Å². The summed E-state index contributed by atoms with van der Waals surface area (Å²) in [5.74, 6) is -0.168. The third-order valence-electron chi connectivity index (χ3n) is 3.44. The van der Waals surface area contributed by atoms with Crippen molar-refractivity contribution in [2.24, 2.45) is 0 Å². The van der Waals surface area contributed by atoms with Crippen molar-refractivity contribution in [2.45, 2.75) is 65.5 Å². The molecule has 0 fully saturated rings. The molecule has 0 saturated carbocycles. The molecule has 1 heterocycles. The number of aryl methyl sites for hydroxylation is 2. The van der Waals surface area contributed by atoms with Gasteiger partial charge in [0, 0.05) is 13.1 Å².